The van der Waals surface area contributed by atoms with Crippen LogP contribution in [-0.4, -0.2) is 475 Å². The van der Waals surface area contributed by atoms with Crippen molar-refractivity contribution in [2.45, 2.75) is 0 Å². The smallest absolute Gasteiger partial charge is 0.872 e. The molecule has 0 heterocycles. The SMILES string of the molecule is O=C(O)C1=CC(=C(c2ccc([O-])c(C(=O)[O-])c2)c2ccc([O-])c(C(=O)O)c2)C=CC1=O.O=C(O)C1=CC(=C(c2ccc([O-])c(C(=O)[O-])c2)c2ccc([O-])c(C(=O)O)c2)C=CC1=O.O=C(O)C1=CC(=C(c2ccc([O-])c(C(=O)[O-])c2)c2ccc([O-])c(C(=O)O)c2)C=CC1=O.O=C(O)C1=CC(=C(c2ccc([O-])c(C(=O)[O-])c2)c2ccc([O-])c(C(=O)O)c2)C=CC1=O.[Ca+2].[Ca+2].[Ca+2].[Ca+2].[Ca+2].[Ca+2].[Ca+2].[Ca+2].[Ca+2]. The second-order valence-electron chi connectivity index (χ2n) is 25.6. The number of carboxylic acids is 12. The van der Waals surface area contributed by atoms with Gasteiger partial charge in [-0.1, -0.05) is 167 Å². The third-order valence-corrected chi connectivity index (χ3v) is 17.9. The van der Waals surface area contributed by atoms with Gasteiger partial charge in [0.25, 0.3) is 0 Å². The van der Waals surface area contributed by atoms with Crippen LogP contribution >= 0.6 is 0 Å². The van der Waals surface area contributed by atoms with Gasteiger partial charge in [-0.2, -0.15) is 0 Å². The predicted octanol–water partition coefficient (Wildman–Crippen LogP) is -4.04. The summed E-state index contributed by atoms with van der Waals surface area (Å²) in [5, 5.41) is 214. The van der Waals surface area contributed by atoms with E-state index in [0.717, 1.165) is 146 Å². The number of benzene rings is 8. The number of carboxylic acid groups (broad SMARTS) is 12. The Hall–Kier alpha value is -7.30. The largest absolute Gasteiger partial charge is 2.00 e. The van der Waals surface area contributed by atoms with E-state index >= 15 is 0 Å². The molecule has 0 amide bonds. The van der Waals surface area contributed by atoms with Crippen molar-refractivity contribution in [2.75, 3.05) is 0 Å². The van der Waals surface area contributed by atoms with Crippen LogP contribution in [0.3, 0.4) is 0 Å². The first-order chi connectivity index (χ1) is 58.4. The van der Waals surface area contributed by atoms with E-state index in [1.54, 1.807) is 0 Å². The summed E-state index contributed by atoms with van der Waals surface area (Å²) in [7, 11) is 0. The van der Waals surface area contributed by atoms with Crippen LogP contribution in [0.15, 0.2) is 263 Å². The normalized spacial score (nSPS) is 13.7. The molecule has 45 heteroatoms. The quantitative estimate of drug-likeness (QED) is 0.0266. The van der Waals surface area contributed by atoms with Crippen LogP contribution < -0.4 is 61.3 Å². The van der Waals surface area contributed by atoms with Crippen LogP contribution in [-0.2, 0) is 38.4 Å². The van der Waals surface area contributed by atoms with Gasteiger partial charge in [-0.05, 0) is 208 Å². The Labute approximate surface area is 1020 Å². The second-order valence-corrected chi connectivity index (χ2v) is 25.6. The molecule has 133 heavy (non-hydrogen) atoms. The average Bonchev–Trinajstić information content (AvgIpc) is 0.792. The monoisotopic (exact) mass is 2040 g/mol. The summed E-state index contributed by atoms with van der Waals surface area (Å²) in [6.45, 7) is 0. The number of rotatable bonds is 20. The minimum absolute atomic E-state index is 0. The van der Waals surface area contributed by atoms with E-state index in [1.165, 1.54) is 72.8 Å². The number of ketones is 4. The molecule has 36 nitrogen and oxygen atoms in total. The summed E-state index contributed by atoms with van der Waals surface area (Å²) in [4.78, 5) is 184. The Bertz CT molecular complexity index is 5550. The number of aromatic carboxylic acids is 8. The van der Waals surface area contributed by atoms with Gasteiger partial charge in [0.05, 0.1) is 46.1 Å². The molecule has 0 aliphatic heterocycles. The van der Waals surface area contributed by atoms with Crippen molar-refractivity contribution >= 4 is 457 Å². The van der Waals surface area contributed by atoms with Gasteiger partial charge < -0.3 is 121 Å². The Morgan fingerprint density at radius 2 is 0.316 bits per heavy atom. The van der Waals surface area contributed by atoms with Gasteiger partial charge in [0.1, 0.15) is 22.3 Å². The number of hydrogen-bond donors (Lipinski definition) is 8. The zero-order valence-electron chi connectivity index (χ0n) is 68.2. The minimum atomic E-state index is -1.74. The van der Waals surface area contributed by atoms with Gasteiger partial charge in [-0.15, -0.1) is 0 Å². The molecule has 0 fully saturated rings. The van der Waals surface area contributed by atoms with Crippen LogP contribution in [0.1, 0.15) is 127 Å². The minimum Gasteiger partial charge on any atom is -0.872 e. The van der Waals surface area contributed by atoms with Crippen molar-refractivity contribution in [3.63, 3.8) is 0 Å². The molecule has 0 unspecified atom stereocenters. The molecule has 0 radical (unpaired) electrons. The Kier molecular flexibility index (Phi) is 52.9. The summed E-state index contributed by atoms with van der Waals surface area (Å²) in [5.41, 5.74) is -5.51. The van der Waals surface area contributed by atoms with Crippen molar-refractivity contribution in [1.82, 2.24) is 0 Å². The van der Waals surface area contributed by atoms with Crippen LogP contribution in [0, 0.1) is 0 Å². The number of carbonyl (C=O) groups is 16. The van der Waals surface area contributed by atoms with Gasteiger partial charge in [-0.25, -0.2) is 38.4 Å². The Morgan fingerprint density at radius 1 is 0.188 bits per heavy atom. The van der Waals surface area contributed by atoms with E-state index in [-0.39, 0.29) is 429 Å². The number of hydrogen-bond acceptors (Lipinski definition) is 28. The first-order valence-corrected chi connectivity index (χ1v) is 34.4. The molecule has 8 aromatic rings. The van der Waals surface area contributed by atoms with E-state index in [0.29, 0.717) is 0 Å². The zero-order valence-corrected chi connectivity index (χ0v) is 88.0. The van der Waals surface area contributed by atoms with Crippen molar-refractivity contribution in [3.05, 3.63) is 352 Å². The Morgan fingerprint density at radius 3 is 0.436 bits per heavy atom. The summed E-state index contributed by atoms with van der Waals surface area (Å²) in [5.74, 6) is -28.5. The molecular weight excluding hydrogens is 1990 g/mol. The molecule has 0 aromatic heterocycles. The molecule has 624 valence electrons. The third-order valence-electron chi connectivity index (χ3n) is 17.9. The fourth-order valence-electron chi connectivity index (χ4n) is 12.2. The van der Waals surface area contributed by atoms with Gasteiger partial charge in [0.15, 0.2) is 23.1 Å². The molecule has 8 N–H and O–H groups in total. The molecule has 0 atom stereocenters. The number of aliphatic carboxylic acids is 4. The van der Waals surface area contributed by atoms with Crippen molar-refractivity contribution in [2.24, 2.45) is 0 Å². The molecule has 0 saturated heterocycles. The standard InChI is InChI=1S/4C22H14O9.9Ca/c4*23-16-4-1-10(7-13(16)20(26)27)19(11-2-5-17(24)14(8-11)21(28)29)12-3-6-18(25)15(9-12)22(30)31;;;;;;;;;/h4*1-9,23-24H,(H,26,27)(H,28,29)(H,30,31);;;;;;;;;/q;;;;9*+2/p-12. The van der Waals surface area contributed by atoms with Gasteiger partial charge in [0.2, 0.25) is 0 Å². The molecule has 8 aromatic carbocycles. The van der Waals surface area contributed by atoms with Crippen molar-refractivity contribution < 1.29 is 179 Å². The zero-order chi connectivity index (χ0) is 91.5. The number of allylic oxidation sites excluding steroid dienone is 16. The molecule has 0 bridgehead atoms. The summed E-state index contributed by atoms with van der Waals surface area (Å²) in [6, 6.07) is 25.9. The molecule has 4 aliphatic rings. The second kappa shape index (κ2) is 55.9. The average molecular weight is 2040 g/mol. The Balaban J connectivity index is 0.00000171. The van der Waals surface area contributed by atoms with E-state index in [2.05, 4.69) is 0 Å². The van der Waals surface area contributed by atoms with Crippen molar-refractivity contribution in [3.8, 4) is 46.0 Å². The first-order valence-electron chi connectivity index (χ1n) is 34.4. The molecular formula is C88H44Ca9O36+6. The third kappa shape index (κ3) is 31.4. The van der Waals surface area contributed by atoms with Crippen LogP contribution in [0.4, 0.5) is 0 Å². The van der Waals surface area contributed by atoms with E-state index in [4.69, 9.17) is 0 Å². The summed E-state index contributed by atoms with van der Waals surface area (Å²) in [6.07, 6.45) is 13.1. The van der Waals surface area contributed by atoms with Crippen LogP contribution in [0.2, 0.25) is 0 Å². The van der Waals surface area contributed by atoms with Crippen LogP contribution in [0.5, 0.6) is 46.0 Å². The fourth-order valence-corrected chi connectivity index (χ4v) is 12.2. The van der Waals surface area contributed by atoms with Gasteiger partial charge in [-0.3, -0.25) is 19.2 Å². The molecule has 0 saturated carbocycles. The van der Waals surface area contributed by atoms with Gasteiger partial charge in [0, 0.05) is 0 Å². The van der Waals surface area contributed by atoms with Gasteiger partial charge >= 0.3 is 387 Å². The first kappa shape index (κ1) is 126. The topological polar surface area (TPSA) is 712 Å². The van der Waals surface area contributed by atoms with E-state index < -0.39 is 208 Å². The number of carbonyl (C=O) groups excluding carboxylic acids is 8. The van der Waals surface area contributed by atoms with Crippen LogP contribution in [0.25, 0.3) is 22.3 Å². The molecule has 4 aliphatic carbocycles. The maximum atomic E-state index is 11.8. The fraction of sp³-hybridized carbons (Fsp3) is 0. The van der Waals surface area contributed by atoms with Crippen molar-refractivity contribution in [1.29, 1.82) is 0 Å². The van der Waals surface area contributed by atoms with E-state index in [9.17, 15) is 179 Å². The predicted molar refractivity (Wildman–Crippen MR) is 448 cm³/mol. The molecule has 12 rings (SSSR count). The maximum absolute atomic E-state index is 11.8. The maximum Gasteiger partial charge on any atom is 2.00 e. The molecule has 0 spiro atoms. The van der Waals surface area contributed by atoms with E-state index in [1.807, 2.05) is 0 Å². The summed E-state index contributed by atoms with van der Waals surface area (Å²) < 4.78 is 0. The summed E-state index contributed by atoms with van der Waals surface area (Å²) >= 11 is 0.